The third-order valence-electron chi connectivity index (χ3n) is 4.68. The van der Waals surface area contributed by atoms with E-state index in [2.05, 4.69) is 35.2 Å². The molecule has 0 aliphatic heterocycles. The molecule has 0 bridgehead atoms. The summed E-state index contributed by atoms with van der Waals surface area (Å²) >= 11 is 5.28. The lowest BCUT2D eigenvalue weighted by molar-refractivity contribution is 0.0905. The number of nitrogens with one attached hydrogen (secondary N) is 3. The Morgan fingerprint density at radius 1 is 1.07 bits per heavy atom. The predicted molar refractivity (Wildman–Crippen MR) is 123 cm³/mol. The Bertz CT molecular complexity index is 999. The van der Waals surface area contributed by atoms with Crippen LogP contribution in [0.1, 0.15) is 48.4 Å². The smallest absolute Gasteiger partial charge is 0.305 e. The van der Waals surface area contributed by atoms with Crippen LogP contribution in [0.5, 0.6) is 0 Å². The van der Waals surface area contributed by atoms with Crippen molar-refractivity contribution < 1.29 is 13.9 Å². The summed E-state index contributed by atoms with van der Waals surface area (Å²) in [4.78, 5) is 12.7. The van der Waals surface area contributed by atoms with E-state index in [-0.39, 0.29) is 10.9 Å². The van der Waals surface area contributed by atoms with Crippen LogP contribution in [-0.2, 0) is 17.8 Å². The molecule has 0 atom stereocenters. The highest BCUT2D eigenvalue weighted by atomic mass is 32.1. The normalized spacial score (nSPS) is 10.7. The van der Waals surface area contributed by atoms with Gasteiger partial charge in [0, 0.05) is 23.2 Å². The number of hydrogen-bond acceptors (Lipinski definition) is 4. The number of anilines is 1. The molecule has 1 amide bonds. The highest BCUT2D eigenvalue weighted by molar-refractivity contribution is 7.80. The third kappa shape index (κ3) is 5.58. The van der Waals surface area contributed by atoms with Crippen LogP contribution < -0.4 is 16.2 Å². The molecule has 1 heterocycles. The summed E-state index contributed by atoms with van der Waals surface area (Å²) in [6, 6.07) is 15.6. The van der Waals surface area contributed by atoms with E-state index in [9.17, 15) is 4.79 Å². The van der Waals surface area contributed by atoms with Gasteiger partial charge in [-0.05, 0) is 55.7 Å². The maximum atomic E-state index is 12.7. The molecule has 6 nitrogen and oxygen atoms in total. The Morgan fingerprint density at radius 3 is 2.57 bits per heavy atom. The van der Waals surface area contributed by atoms with Crippen LogP contribution in [0.15, 0.2) is 52.9 Å². The van der Waals surface area contributed by atoms with Crippen molar-refractivity contribution in [2.24, 2.45) is 0 Å². The van der Waals surface area contributed by atoms with Gasteiger partial charge in [0.2, 0.25) is 0 Å². The molecule has 0 spiro atoms. The minimum Gasteiger partial charge on any atom is -0.450 e. The van der Waals surface area contributed by atoms with E-state index in [1.807, 2.05) is 43.3 Å². The summed E-state index contributed by atoms with van der Waals surface area (Å²) in [5, 5.41) is 4.20. The second-order valence-electron chi connectivity index (χ2n) is 6.88. The Hall–Kier alpha value is -2.90. The number of hydrogen-bond donors (Lipinski definition) is 3. The molecule has 0 unspecified atom stereocenters. The molecule has 0 aliphatic rings. The summed E-state index contributed by atoms with van der Waals surface area (Å²) in [5.74, 6) is -0.208. The molecule has 3 rings (SSSR count). The van der Waals surface area contributed by atoms with E-state index >= 15 is 0 Å². The number of rotatable bonds is 8. The molecule has 1 aromatic heterocycles. The predicted octanol–water partition coefficient (Wildman–Crippen LogP) is 4.94. The molecule has 2 aromatic carbocycles. The SMILES string of the molecule is CCCCc1ccc(NC(=S)NNC(=O)c2oc3ccccc3c2COCC)cc1. The summed E-state index contributed by atoms with van der Waals surface area (Å²) in [5.41, 5.74) is 8.82. The Balaban J connectivity index is 1.60. The molecule has 0 saturated carbocycles. The minimum atomic E-state index is -0.417. The summed E-state index contributed by atoms with van der Waals surface area (Å²) in [6.45, 7) is 4.93. The van der Waals surface area contributed by atoms with Gasteiger partial charge in [0.05, 0.1) is 6.61 Å². The van der Waals surface area contributed by atoms with Crippen molar-refractivity contribution in [3.63, 3.8) is 0 Å². The molecular formula is C23H27N3O3S. The number of carbonyl (C=O) groups is 1. The fraction of sp³-hybridized carbons (Fsp3) is 0.304. The first-order valence-electron chi connectivity index (χ1n) is 10.2. The number of para-hydroxylation sites is 1. The number of carbonyl (C=O) groups excluding carboxylic acids is 1. The molecule has 0 aliphatic carbocycles. The van der Waals surface area contributed by atoms with Gasteiger partial charge in [-0.15, -0.1) is 0 Å². The van der Waals surface area contributed by atoms with E-state index in [0.29, 0.717) is 24.4 Å². The second kappa shape index (κ2) is 10.8. The Labute approximate surface area is 182 Å². The molecule has 7 heteroatoms. The van der Waals surface area contributed by atoms with Gasteiger partial charge in [0.15, 0.2) is 10.9 Å². The monoisotopic (exact) mass is 425 g/mol. The molecule has 3 aromatic rings. The molecular weight excluding hydrogens is 398 g/mol. The van der Waals surface area contributed by atoms with Gasteiger partial charge in [-0.25, -0.2) is 0 Å². The number of hydrazine groups is 1. The number of fused-ring (bicyclic) bond motifs is 1. The zero-order valence-electron chi connectivity index (χ0n) is 17.3. The van der Waals surface area contributed by atoms with Crippen molar-refractivity contribution in [3.8, 4) is 0 Å². The molecule has 3 N–H and O–H groups in total. The van der Waals surface area contributed by atoms with E-state index in [1.54, 1.807) is 0 Å². The average Bonchev–Trinajstić information content (AvgIpc) is 3.14. The number of furan rings is 1. The van der Waals surface area contributed by atoms with Crippen LogP contribution in [0.2, 0.25) is 0 Å². The van der Waals surface area contributed by atoms with Crippen LogP contribution in [-0.4, -0.2) is 17.6 Å². The van der Waals surface area contributed by atoms with E-state index in [4.69, 9.17) is 21.4 Å². The lowest BCUT2D eigenvalue weighted by Crippen LogP contribution is -2.43. The number of ether oxygens (including phenoxy) is 1. The van der Waals surface area contributed by atoms with Crippen molar-refractivity contribution in [3.05, 3.63) is 65.4 Å². The summed E-state index contributed by atoms with van der Waals surface area (Å²) < 4.78 is 11.3. The number of amides is 1. The average molecular weight is 426 g/mol. The molecule has 0 saturated heterocycles. The van der Waals surface area contributed by atoms with Gasteiger partial charge in [0.25, 0.3) is 0 Å². The van der Waals surface area contributed by atoms with E-state index in [0.717, 1.165) is 17.5 Å². The van der Waals surface area contributed by atoms with E-state index in [1.165, 1.54) is 18.4 Å². The van der Waals surface area contributed by atoms with Crippen LogP contribution in [0.25, 0.3) is 11.0 Å². The highest BCUT2D eigenvalue weighted by Gasteiger charge is 2.20. The molecule has 158 valence electrons. The van der Waals surface area contributed by atoms with Gasteiger partial charge in [-0.1, -0.05) is 43.7 Å². The first kappa shape index (κ1) is 21.8. The molecule has 30 heavy (non-hydrogen) atoms. The summed E-state index contributed by atoms with van der Waals surface area (Å²) in [6.07, 6.45) is 3.41. The largest absolute Gasteiger partial charge is 0.450 e. The maximum Gasteiger partial charge on any atom is 0.305 e. The quantitative estimate of drug-likeness (QED) is 0.350. The first-order chi connectivity index (χ1) is 14.6. The second-order valence-corrected chi connectivity index (χ2v) is 7.29. The van der Waals surface area contributed by atoms with Crippen molar-refractivity contribution >= 4 is 39.9 Å². The minimum absolute atomic E-state index is 0.209. The maximum absolute atomic E-state index is 12.7. The lowest BCUT2D eigenvalue weighted by atomic mass is 10.1. The highest BCUT2D eigenvalue weighted by Crippen LogP contribution is 2.26. The van der Waals surface area contributed by atoms with Gasteiger partial charge < -0.3 is 14.5 Å². The number of unbranched alkanes of at least 4 members (excludes halogenated alkanes) is 1. The zero-order chi connectivity index (χ0) is 21.3. The first-order valence-corrected chi connectivity index (χ1v) is 10.6. The fourth-order valence-corrected chi connectivity index (χ4v) is 3.27. The van der Waals surface area contributed by atoms with Crippen LogP contribution in [0, 0.1) is 0 Å². The van der Waals surface area contributed by atoms with Crippen LogP contribution in [0.3, 0.4) is 0 Å². The number of benzene rings is 2. The molecule has 0 fully saturated rings. The van der Waals surface area contributed by atoms with Gasteiger partial charge in [-0.3, -0.25) is 15.6 Å². The van der Waals surface area contributed by atoms with Gasteiger partial charge in [0.1, 0.15) is 5.58 Å². The summed E-state index contributed by atoms with van der Waals surface area (Å²) in [7, 11) is 0. The standard InChI is InChI=1S/C23H27N3O3S/c1-3-5-8-16-11-13-17(14-12-16)24-23(30)26-25-22(27)21-19(15-28-4-2)18-9-6-7-10-20(18)29-21/h6-7,9-14H,3-5,8,15H2,1-2H3,(H,25,27)(H2,24,26,30). The van der Waals surface area contributed by atoms with Crippen molar-refractivity contribution in [2.75, 3.05) is 11.9 Å². The number of aryl methyl sites for hydroxylation is 1. The van der Waals surface area contributed by atoms with Crippen LogP contribution in [0.4, 0.5) is 5.69 Å². The fourth-order valence-electron chi connectivity index (χ4n) is 3.10. The van der Waals surface area contributed by atoms with Crippen molar-refractivity contribution in [1.29, 1.82) is 0 Å². The molecule has 0 radical (unpaired) electrons. The Morgan fingerprint density at radius 2 is 1.83 bits per heavy atom. The van der Waals surface area contributed by atoms with Crippen molar-refractivity contribution in [1.82, 2.24) is 10.9 Å². The third-order valence-corrected chi connectivity index (χ3v) is 4.88. The van der Waals surface area contributed by atoms with E-state index < -0.39 is 5.91 Å². The topological polar surface area (TPSA) is 75.5 Å². The van der Waals surface area contributed by atoms with Gasteiger partial charge in [-0.2, -0.15) is 0 Å². The van der Waals surface area contributed by atoms with Crippen molar-refractivity contribution in [2.45, 2.75) is 39.7 Å². The van der Waals surface area contributed by atoms with Crippen LogP contribution >= 0.6 is 12.2 Å². The zero-order valence-corrected chi connectivity index (χ0v) is 18.1. The lowest BCUT2D eigenvalue weighted by Gasteiger charge is -2.12. The number of thiocarbonyl (C=S) groups is 1. The Kier molecular flexibility index (Phi) is 7.82. The van der Waals surface area contributed by atoms with Gasteiger partial charge >= 0.3 is 5.91 Å².